The van der Waals surface area contributed by atoms with Crippen LogP contribution in [0.15, 0.2) is 24.4 Å². The van der Waals surface area contributed by atoms with Gasteiger partial charge >= 0.3 is 5.97 Å². The molecular weight excluding hydrogens is 208 g/mol. The number of carbonyl (C=O) groups excluding carboxylic acids is 2. The van der Waals surface area contributed by atoms with Crippen LogP contribution in [0.25, 0.3) is 0 Å². The van der Waals surface area contributed by atoms with Gasteiger partial charge in [-0.3, -0.25) is 9.78 Å². The summed E-state index contributed by atoms with van der Waals surface area (Å²) in [5.41, 5.74) is 0.277. The molecular formula is C11H14N2O3. The topological polar surface area (TPSA) is 68.3 Å². The van der Waals surface area contributed by atoms with Crippen LogP contribution in [0, 0.1) is 0 Å². The summed E-state index contributed by atoms with van der Waals surface area (Å²) in [7, 11) is 0. The second-order valence-electron chi connectivity index (χ2n) is 3.16. The fourth-order valence-electron chi connectivity index (χ4n) is 1.09. The number of hydrogen-bond acceptors (Lipinski definition) is 4. The molecule has 0 bridgehead atoms. The van der Waals surface area contributed by atoms with Crippen molar-refractivity contribution in [2.45, 2.75) is 19.9 Å². The highest BCUT2D eigenvalue weighted by molar-refractivity contribution is 5.94. The van der Waals surface area contributed by atoms with Crippen LogP contribution < -0.4 is 5.32 Å². The fraction of sp³-hybridized carbons (Fsp3) is 0.364. The van der Waals surface area contributed by atoms with Gasteiger partial charge in [0, 0.05) is 6.20 Å². The molecule has 1 heterocycles. The number of nitrogens with zero attached hydrogens (tertiary/aromatic N) is 1. The van der Waals surface area contributed by atoms with Gasteiger partial charge in [0.15, 0.2) is 0 Å². The standard InChI is InChI=1S/C11H14N2O3/c1-3-16-11(15)8(2)13-10(14)9-6-4-5-7-12-9/h4-8H,3H2,1-2H3,(H,13,14). The van der Waals surface area contributed by atoms with Crippen molar-refractivity contribution in [2.24, 2.45) is 0 Å². The van der Waals surface area contributed by atoms with Gasteiger partial charge in [-0.1, -0.05) is 6.07 Å². The number of nitrogens with one attached hydrogen (secondary N) is 1. The van der Waals surface area contributed by atoms with E-state index in [0.29, 0.717) is 6.61 Å². The van der Waals surface area contributed by atoms with Gasteiger partial charge in [0.2, 0.25) is 0 Å². The van der Waals surface area contributed by atoms with E-state index in [2.05, 4.69) is 10.3 Å². The first-order chi connectivity index (χ1) is 7.65. The Balaban J connectivity index is 2.55. The van der Waals surface area contributed by atoms with E-state index in [1.807, 2.05) is 0 Å². The first-order valence-corrected chi connectivity index (χ1v) is 5.03. The number of carbonyl (C=O) groups is 2. The Kier molecular flexibility index (Phi) is 4.44. The summed E-state index contributed by atoms with van der Waals surface area (Å²) in [5.74, 6) is -0.840. The van der Waals surface area contributed by atoms with Gasteiger partial charge in [0.25, 0.3) is 5.91 Å². The molecule has 1 aromatic heterocycles. The van der Waals surface area contributed by atoms with Crippen LogP contribution in [0.1, 0.15) is 24.3 Å². The van der Waals surface area contributed by atoms with E-state index >= 15 is 0 Å². The minimum Gasteiger partial charge on any atom is -0.464 e. The third-order valence-corrected chi connectivity index (χ3v) is 1.89. The third kappa shape index (κ3) is 3.34. The van der Waals surface area contributed by atoms with E-state index < -0.39 is 12.0 Å². The fourth-order valence-corrected chi connectivity index (χ4v) is 1.09. The zero-order valence-electron chi connectivity index (χ0n) is 9.27. The van der Waals surface area contributed by atoms with Crippen LogP contribution in [0.4, 0.5) is 0 Å². The van der Waals surface area contributed by atoms with Crippen LogP contribution in [0.3, 0.4) is 0 Å². The predicted octanol–water partition coefficient (Wildman–Crippen LogP) is 0.763. The number of ether oxygens (including phenoxy) is 1. The summed E-state index contributed by atoms with van der Waals surface area (Å²) in [6.45, 7) is 3.58. The lowest BCUT2D eigenvalue weighted by atomic mass is 10.3. The SMILES string of the molecule is CCOC(=O)C(C)NC(=O)c1ccccn1. The molecule has 16 heavy (non-hydrogen) atoms. The molecule has 1 rings (SSSR count). The van der Waals surface area contributed by atoms with Crippen LogP contribution in [0.2, 0.25) is 0 Å². The van der Waals surface area contributed by atoms with Crippen molar-refractivity contribution < 1.29 is 14.3 Å². The maximum atomic E-state index is 11.6. The number of hydrogen-bond donors (Lipinski definition) is 1. The number of pyridine rings is 1. The molecule has 86 valence electrons. The van der Waals surface area contributed by atoms with Crippen molar-refractivity contribution in [3.63, 3.8) is 0 Å². The molecule has 1 amide bonds. The van der Waals surface area contributed by atoms with E-state index in [4.69, 9.17) is 4.74 Å². The molecule has 1 unspecified atom stereocenters. The molecule has 0 spiro atoms. The molecule has 0 aliphatic rings. The molecule has 5 heteroatoms. The second-order valence-corrected chi connectivity index (χ2v) is 3.16. The van der Waals surface area contributed by atoms with Crippen molar-refractivity contribution in [1.29, 1.82) is 0 Å². The lowest BCUT2D eigenvalue weighted by molar-refractivity contribution is -0.144. The van der Waals surface area contributed by atoms with Crippen molar-refractivity contribution in [3.05, 3.63) is 30.1 Å². The van der Waals surface area contributed by atoms with Gasteiger partial charge in [-0.05, 0) is 26.0 Å². The lowest BCUT2D eigenvalue weighted by Crippen LogP contribution is -2.39. The first kappa shape index (κ1) is 12.2. The molecule has 1 aromatic rings. The van der Waals surface area contributed by atoms with Gasteiger partial charge in [-0.15, -0.1) is 0 Å². The zero-order chi connectivity index (χ0) is 12.0. The molecule has 0 radical (unpaired) electrons. The highest BCUT2D eigenvalue weighted by Crippen LogP contribution is 1.95. The largest absolute Gasteiger partial charge is 0.464 e. The highest BCUT2D eigenvalue weighted by atomic mass is 16.5. The minimum atomic E-state index is -0.672. The van der Waals surface area contributed by atoms with Crippen molar-refractivity contribution in [3.8, 4) is 0 Å². The van der Waals surface area contributed by atoms with Gasteiger partial charge < -0.3 is 10.1 Å². The van der Waals surface area contributed by atoms with E-state index in [9.17, 15) is 9.59 Å². The smallest absolute Gasteiger partial charge is 0.328 e. The Morgan fingerprint density at radius 2 is 2.25 bits per heavy atom. The lowest BCUT2D eigenvalue weighted by Gasteiger charge is -2.11. The Hall–Kier alpha value is -1.91. The number of amides is 1. The van der Waals surface area contributed by atoms with Crippen molar-refractivity contribution >= 4 is 11.9 Å². The monoisotopic (exact) mass is 222 g/mol. The average Bonchev–Trinajstić information content (AvgIpc) is 2.30. The third-order valence-electron chi connectivity index (χ3n) is 1.89. The molecule has 0 saturated carbocycles. The molecule has 0 aliphatic carbocycles. The summed E-state index contributed by atoms with van der Waals surface area (Å²) < 4.78 is 4.77. The number of rotatable bonds is 4. The van der Waals surface area contributed by atoms with Crippen LogP contribution in [-0.4, -0.2) is 29.5 Å². The van der Waals surface area contributed by atoms with Gasteiger partial charge in [0.05, 0.1) is 6.61 Å². The second kappa shape index (κ2) is 5.85. The summed E-state index contributed by atoms with van der Waals surface area (Å²) in [5, 5.41) is 2.50. The summed E-state index contributed by atoms with van der Waals surface area (Å²) in [4.78, 5) is 26.7. The summed E-state index contributed by atoms with van der Waals surface area (Å²) in [6.07, 6.45) is 1.52. The van der Waals surface area contributed by atoms with Crippen molar-refractivity contribution in [2.75, 3.05) is 6.61 Å². The summed E-state index contributed by atoms with van der Waals surface area (Å²) >= 11 is 0. The highest BCUT2D eigenvalue weighted by Gasteiger charge is 2.17. The van der Waals surface area contributed by atoms with Gasteiger partial charge in [-0.25, -0.2) is 4.79 Å². The molecule has 0 saturated heterocycles. The Morgan fingerprint density at radius 3 is 2.81 bits per heavy atom. The molecule has 0 aliphatic heterocycles. The Labute approximate surface area is 93.8 Å². The van der Waals surface area contributed by atoms with E-state index in [1.54, 1.807) is 32.0 Å². The van der Waals surface area contributed by atoms with Gasteiger partial charge in [0.1, 0.15) is 11.7 Å². The van der Waals surface area contributed by atoms with Crippen LogP contribution >= 0.6 is 0 Å². The summed E-state index contributed by atoms with van der Waals surface area (Å²) in [6, 6.07) is 4.32. The molecule has 1 N–H and O–H groups in total. The molecule has 1 atom stereocenters. The maximum Gasteiger partial charge on any atom is 0.328 e. The maximum absolute atomic E-state index is 11.6. The van der Waals surface area contributed by atoms with E-state index in [0.717, 1.165) is 0 Å². The molecule has 5 nitrogen and oxygen atoms in total. The van der Waals surface area contributed by atoms with Crippen LogP contribution in [-0.2, 0) is 9.53 Å². The molecule has 0 fully saturated rings. The van der Waals surface area contributed by atoms with Crippen molar-refractivity contribution in [1.82, 2.24) is 10.3 Å². The minimum absolute atomic E-state index is 0.277. The van der Waals surface area contributed by atoms with Crippen LogP contribution in [0.5, 0.6) is 0 Å². The zero-order valence-corrected chi connectivity index (χ0v) is 9.27. The quantitative estimate of drug-likeness (QED) is 0.764. The Bertz CT molecular complexity index is 365. The number of esters is 1. The van der Waals surface area contributed by atoms with E-state index in [1.165, 1.54) is 6.20 Å². The normalized spacial score (nSPS) is 11.6. The predicted molar refractivity (Wildman–Crippen MR) is 57.8 cm³/mol. The number of aromatic nitrogens is 1. The average molecular weight is 222 g/mol. The van der Waals surface area contributed by atoms with Gasteiger partial charge in [-0.2, -0.15) is 0 Å². The first-order valence-electron chi connectivity index (χ1n) is 5.03. The van der Waals surface area contributed by atoms with E-state index in [-0.39, 0.29) is 11.6 Å². The molecule has 0 aromatic carbocycles. The Morgan fingerprint density at radius 1 is 1.50 bits per heavy atom.